The molecule has 1 saturated heterocycles. The van der Waals surface area contributed by atoms with Crippen LogP contribution in [0.15, 0.2) is 0 Å². The summed E-state index contributed by atoms with van der Waals surface area (Å²) in [6, 6.07) is -0.0783. The summed E-state index contributed by atoms with van der Waals surface area (Å²) in [5.74, 6) is 1.24. The van der Waals surface area contributed by atoms with Crippen LogP contribution >= 0.6 is 0 Å². The Kier molecular flexibility index (Phi) is 4.90. The zero-order valence-corrected chi connectivity index (χ0v) is 14.0. The second kappa shape index (κ2) is 6.51. The molecule has 1 aliphatic heterocycles. The van der Waals surface area contributed by atoms with Gasteiger partial charge in [-0.3, -0.25) is 5.10 Å². The van der Waals surface area contributed by atoms with Crippen molar-refractivity contribution in [1.29, 1.82) is 0 Å². The minimum absolute atomic E-state index is 0.0470. The van der Waals surface area contributed by atoms with Crippen LogP contribution in [0.25, 0.3) is 0 Å². The molecule has 1 aliphatic rings. The molecule has 1 aromatic rings. The fourth-order valence-electron chi connectivity index (χ4n) is 2.78. The van der Waals surface area contributed by atoms with Gasteiger partial charge >= 0.3 is 6.03 Å². The molecule has 0 radical (unpaired) electrons. The molecule has 0 aromatic carbocycles. The van der Waals surface area contributed by atoms with Gasteiger partial charge in [-0.2, -0.15) is 4.98 Å². The van der Waals surface area contributed by atoms with Gasteiger partial charge in [0, 0.05) is 39.7 Å². The second-order valence-corrected chi connectivity index (χ2v) is 6.56. The van der Waals surface area contributed by atoms with Gasteiger partial charge in [0.15, 0.2) is 0 Å². The number of nitrogens with zero attached hydrogens (tertiary/aromatic N) is 4. The van der Waals surface area contributed by atoms with Crippen LogP contribution < -0.4 is 10.2 Å². The Hall–Kier alpha value is -1.83. The SMILES string of the molecule is COC1CCN(C(=O)NCc2nc(N(C)C)n[nH]2)CC1(C)C. The highest BCUT2D eigenvalue weighted by Crippen LogP contribution is 2.31. The molecule has 8 nitrogen and oxygen atoms in total. The van der Waals surface area contributed by atoms with Gasteiger partial charge in [0.1, 0.15) is 5.82 Å². The van der Waals surface area contributed by atoms with E-state index in [1.54, 1.807) is 12.0 Å². The van der Waals surface area contributed by atoms with Crippen LogP contribution in [0, 0.1) is 5.41 Å². The summed E-state index contributed by atoms with van der Waals surface area (Å²) in [5.41, 5.74) is -0.0470. The highest BCUT2D eigenvalue weighted by atomic mass is 16.5. The number of carbonyl (C=O) groups excluding carboxylic acids is 1. The Morgan fingerprint density at radius 2 is 2.27 bits per heavy atom. The molecule has 2 rings (SSSR count). The van der Waals surface area contributed by atoms with Crippen molar-refractivity contribution >= 4 is 12.0 Å². The Labute approximate surface area is 131 Å². The van der Waals surface area contributed by atoms with Crippen LogP contribution in [-0.4, -0.2) is 66.5 Å². The van der Waals surface area contributed by atoms with Crippen LogP contribution in [0.4, 0.5) is 10.7 Å². The first kappa shape index (κ1) is 16.5. The maximum atomic E-state index is 12.3. The van der Waals surface area contributed by atoms with Crippen molar-refractivity contribution in [1.82, 2.24) is 25.4 Å². The number of urea groups is 1. The summed E-state index contributed by atoms with van der Waals surface area (Å²) in [4.78, 5) is 20.2. The van der Waals surface area contributed by atoms with E-state index >= 15 is 0 Å². The Morgan fingerprint density at radius 1 is 1.55 bits per heavy atom. The minimum atomic E-state index is -0.0783. The molecule has 0 aliphatic carbocycles. The predicted molar refractivity (Wildman–Crippen MR) is 83.7 cm³/mol. The number of hydrogen-bond donors (Lipinski definition) is 2. The van der Waals surface area contributed by atoms with Gasteiger partial charge in [-0.15, -0.1) is 5.10 Å². The van der Waals surface area contributed by atoms with Crippen molar-refractivity contribution in [3.05, 3.63) is 5.82 Å². The number of rotatable bonds is 4. The van der Waals surface area contributed by atoms with E-state index in [0.717, 1.165) is 6.42 Å². The van der Waals surface area contributed by atoms with E-state index < -0.39 is 0 Å². The number of aromatic amines is 1. The van der Waals surface area contributed by atoms with Gasteiger partial charge in [0.05, 0.1) is 12.6 Å². The Morgan fingerprint density at radius 3 is 2.82 bits per heavy atom. The molecule has 0 bridgehead atoms. The molecule has 1 atom stereocenters. The first-order valence-electron chi connectivity index (χ1n) is 7.47. The smallest absolute Gasteiger partial charge is 0.317 e. The monoisotopic (exact) mass is 310 g/mol. The van der Waals surface area contributed by atoms with Crippen molar-refractivity contribution in [2.45, 2.75) is 32.9 Å². The third-order valence-electron chi connectivity index (χ3n) is 4.03. The molecule has 0 saturated carbocycles. The Balaban J connectivity index is 1.87. The average molecular weight is 310 g/mol. The number of carbonyl (C=O) groups is 1. The Bertz CT molecular complexity index is 513. The van der Waals surface area contributed by atoms with Gasteiger partial charge in [-0.25, -0.2) is 4.79 Å². The number of anilines is 1. The topological polar surface area (TPSA) is 86.4 Å². The summed E-state index contributed by atoms with van der Waals surface area (Å²) < 4.78 is 5.50. The average Bonchev–Trinajstić information content (AvgIpc) is 2.92. The zero-order chi connectivity index (χ0) is 16.3. The lowest BCUT2D eigenvalue weighted by Gasteiger charge is -2.43. The van der Waals surface area contributed by atoms with Crippen LogP contribution in [0.3, 0.4) is 0 Å². The maximum Gasteiger partial charge on any atom is 0.317 e. The van der Waals surface area contributed by atoms with E-state index in [4.69, 9.17) is 4.74 Å². The first-order valence-corrected chi connectivity index (χ1v) is 7.47. The number of H-pyrrole nitrogens is 1. The van der Waals surface area contributed by atoms with Gasteiger partial charge in [0.2, 0.25) is 5.95 Å². The zero-order valence-electron chi connectivity index (χ0n) is 14.0. The van der Waals surface area contributed by atoms with E-state index in [9.17, 15) is 4.79 Å². The highest BCUT2D eigenvalue weighted by Gasteiger charge is 2.37. The third-order valence-corrected chi connectivity index (χ3v) is 4.03. The van der Waals surface area contributed by atoms with E-state index in [0.29, 0.717) is 31.4 Å². The molecule has 2 heterocycles. The van der Waals surface area contributed by atoms with Gasteiger partial charge in [-0.1, -0.05) is 13.8 Å². The van der Waals surface area contributed by atoms with Crippen LogP contribution in [0.1, 0.15) is 26.1 Å². The van der Waals surface area contributed by atoms with Gasteiger partial charge in [-0.05, 0) is 6.42 Å². The highest BCUT2D eigenvalue weighted by molar-refractivity contribution is 5.74. The minimum Gasteiger partial charge on any atom is -0.381 e. The van der Waals surface area contributed by atoms with E-state index in [-0.39, 0.29) is 17.6 Å². The van der Waals surface area contributed by atoms with Crippen molar-refractivity contribution in [2.24, 2.45) is 5.41 Å². The molecule has 1 unspecified atom stereocenters. The van der Waals surface area contributed by atoms with Crippen LogP contribution in [-0.2, 0) is 11.3 Å². The van der Waals surface area contributed by atoms with E-state index in [1.165, 1.54) is 0 Å². The standard InChI is InChI=1S/C14H26N6O2/c1-14(2)9-20(7-6-10(14)22-5)13(21)15-8-11-16-12(18-17-11)19(3)4/h10H,6-9H2,1-5H3,(H,15,21)(H,16,17,18). The second-order valence-electron chi connectivity index (χ2n) is 6.56. The molecule has 2 N–H and O–H groups in total. The summed E-state index contributed by atoms with van der Waals surface area (Å²) in [6.07, 6.45) is 1.04. The number of nitrogens with one attached hydrogen (secondary N) is 2. The summed E-state index contributed by atoms with van der Waals surface area (Å²) in [5, 5.41) is 9.77. The molecule has 1 fully saturated rings. The number of hydrogen-bond acceptors (Lipinski definition) is 5. The summed E-state index contributed by atoms with van der Waals surface area (Å²) >= 11 is 0. The maximum absolute atomic E-state index is 12.3. The molecule has 2 amide bonds. The number of piperidine rings is 1. The van der Waals surface area contributed by atoms with Crippen molar-refractivity contribution in [3.8, 4) is 0 Å². The quantitative estimate of drug-likeness (QED) is 0.860. The fraction of sp³-hybridized carbons (Fsp3) is 0.786. The normalized spacial score (nSPS) is 20.8. The molecular formula is C14H26N6O2. The van der Waals surface area contributed by atoms with E-state index in [1.807, 2.05) is 19.0 Å². The molecule has 124 valence electrons. The summed E-state index contributed by atoms with van der Waals surface area (Å²) in [6.45, 7) is 5.97. The lowest BCUT2D eigenvalue weighted by atomic mass is 9.81. The molecule has 1 aromatic heterocycles. The number of aromatic nitrogens is 3. The number of methoxy groups -OCH3 is 1. The van der Waals surface area contributed by atoms with Crippen LogP contribution in [0.2, 0.25) is 0 Å². The fourth-order valence-corrected chi connectivity index (χ4v) is 2.78. The third kappa shape index (κ3) is 3.68. The van der Waals surface area contributed by atoms with Crippen molar-refractivity contribution in [2.75, 3.05) is 39.2 Å². The number of ether oxygens (including phenoxy) is 1. The number of amides is 2. The molecular weight excluding hydrogens is 284 g/mol. The van der Waals surface area contributed by atoms with Crippen LogP contribution in [0.5, 0.6) is 0 Å². The van der Waals surface area contributed by atoms with E-state index in [2.05, 4.69) is 34.3 Å². The lowest BCUT2D eigenvalue weighted by Crippen LogP contribution is -2.53. The first-order chi connectivity index (χ1) is 10.3. The van der Waals surface area contributed by atoms with Gasteiger partial charge < -0.3 is 19.9 Å². The van der Waals surface area contributed by atoms with Gasteiger partial charge in [0.25, 0.3) is 0 Å². The summed E-state index contributed by atoms with van der Waals surface area (Å²) in [7, 11) is 5.47. The largest absolute Gasteiger partial charge is 0.381 e. The van der Waals surface area contributed by atoms with Crippen molar-refractivity contribution in [3.63, 3.8) is 0 Å². The molecule has 8 heteroatoms. The molecule has 0 spiro atoms. The predicted octanol–water partition coefficient (Wildman–Crippen LogP) is 0.827. The van der Waals surface area contributed by atoms with Crippen molar-refractivity contribution < 1.29 is 9.53 Å². The lowest BCUT2D eigenvalue weighted by molar-refractivity contribution is -0.0406. The number of likely N-dealkylation sites (tertiary alicyclic amines) is 1. The molecule has 22 heavy (non-hydrogen) atoms.